The summed E-state index contributed by atoms with van der Waals surface area (Å²) in [5.74, 6) is -0.0923. The molecule has 27 heavy (non-hydrogen) atoms. The molecule has 1 aromatic carbocycles. The van der Waals surface area contributed by atoms with Crippen LogP contribution in [0.4, 0.5) is 0 Å². The van der Waals surface area contributed by atoms with E-state index in [0.29, 0.717) is 10.1 Å². The lowest BCUT2D eigenvalue weighted by Crippen LogP contribution is -2.50. The molecule has 5 nitrogen and oxygen atoms in total. The van der Waals surface area contributed by atoms with Crippen LogP contribution >= 0.6 is 11.8 Å². The molecular formula is C20H30N2O3S2. The summed E-state index contributed by atoms with van der Waals surface area (Å²) >= 11 is 1.88. The zero-order valence-electron chi connectivity index (χ0n) is 16.8. The van der Waals surface area contributed by atoms with Crippen LogP contribution in [0.25, 0.3) is 0 Å². The Morgan fingerprint density at radius 3 is 2.11 bits per heavy atom. The Balaban J connectivity index is 1.75. The molecule has 0 spiro atoms. The number of rotatable bonds is 5. The van der Waals surface area contributed by atoms with E-state index in [4.69, 9.17) is 0 Å². The van der Waals surface area contributed by atoms with Crippen molar-refractivity contribution in [1.82, 2.24) is 9.62 Å². The van der Waals surface area contributed by atoms with E-state index in [1.54, 1.807) is 0 Å². The van der Waals surface area contributed by atoms with Gasteiger partial charge in [-0.1, -0.05) is 6.07 Å². The van der Waals surface area contributed by atoms with Gasteiger partial charge in [0.25, 0.3) is 0 Å². The summed E-state index contributed by atoms with van der Waals surface area (Å²) in [5, 5.41) is 0.615. The maximum Gasteiger partial charge on any atom is 0.241 e. The van der Waals surface area contributed by atoms with Crippen LogP contribution in [-0.4, -0.2) is 49.4 Å². The SMILES string of the molecule is CSC1CC2CCC(C1)N2C(=O)CNS(=O)(=O)c1c(C)c(C)cc(C)c1C. The normalized spacial score (nSPS) is 25.1. The molecule has 2 aliphatic heterocycles. The average molecular weight is 411 g/mol. The van der Waals surface area contributed by atoms with Gasteiger partial charge in [-0.05, 0) is 81.9 Å². The fourth-order valence-corrected chi connectivity index (χ4v) is 7.05. The summed E-state index contributed by atoms with van der Waals surface area (Å²) < 4.78 is 28.5. The van der Waals surface area contributed by atoms with E-state index in [2.05, 4.69) is 11.0 Å². The zero-order chi connectivity index (χ0) is 19.9. The molecule has 7 heteroatoms. The maximum absolute atomic E-state index is 13.0. The first-order valence-corrected chi connectivity index (χ1v) is 12.3. The number of hydrogen-bond acceptors (Lipinski definition) is 4. The largest absolute Gasteiger partial charge is 0.336 e. The Labute approximate surface area is 167 Å². The predicted molar refractivity (Wildman–Crippen MR) is 111 cm³/mol. The van der Waals surface area contributed by atoms with Gasteiger partial charge in [-0.25, -0.2) is 13.1 Å². The van der Waals surface area contributed by atoms with Crippen LogP contribution in [-0.2, 0) is 14.8 Å². The van der Waals surface area contributed by atoms with Crippen LogP contribution in [0.1, 0.15) is 47.9 Å². The lowest BCUT2D eigenvalue weighted by atomic mass is 10.0. The van der Waals surface area contributed by atoms with E-state index >= 15 is 0 Å². The number of piperidine rings is 1. The number of nitrogens with one attached hydrogen (secondary N) is 1. The van der Waals surface area contributed by atoms with Crippen molar-refractivity contribution in [3.8, 4) is 0 Å². The van der Waals surface area contributed by atoms with Crippen molar-refractivity contribution in [2.45, 2.75) is 75.6 Å². The molecule has 1 aromatic rings. The van der Waals surface area contributed by atoms with E-state index in [1.165, 1.54) is 0 Å². The molecule has 2 atom stereocenters. The van der Waals surface area contributed by atoms with E-state index in [-0.39, 0.29) is 24.5 Å². The van der Waals surface area contributed by atoms with Crippen molar-refractivity contribution in [1.29, 1.82) is 0 Å². The number of aryl methyl sites for hydroxylation is 2. The quantitative estimate of drug-likeness (QED) is 0.810. The first-order valence-electron chi connectivity index (χ1n) is 9.56. The van der Waals surface area contributed by atoms with Crippen LogP contribution in [0.15, 0.2) is 11.0 Å². The van der Waals surface area contributed by atoms with Crippen LogP contribution < -0.4 is 4.72 Å². The molecule has 2 bridgehead atoms. The van der Waals surface area contributed by atoms with Gasteiger partial charge < -0.3 is 4.90 Å². The Bertz CT molecular complexity index is 811. The van der Waals surface area contributed by atoms with Gasteiger partial charge in [-0.2, -0.15) is 11.8 Å². The van der Waals surface area contributed by atoms with Gasteiger partial charge in [0.05, 0.1) is 11.4 Å². The average Bonchev–Trinajstić information content (AvgIpc) is 2.88. The molecule has 2 heterocycles. The van der Waals surface area contributed by atoms with Gasteiger partial charge in [-0.3, -0.25) is 4.79 Å². The second kappa shape index (κ2) is 7.76. The summed E-state index contributed by atoms with van der Waals surface area (Å²) in [5.41, 5.74) is 3.39. The van der Waals surface area contributed by atoms with Gasteiger partial charge in [0.15, 0.2) is 0 Å². The third-order valence-corrected chi connectivity index (χ3v) is 9.02. The summed E-state index contributed by atoms with van der Waals surface area (Å²) in [6.07, 6.45) is 6.24. The summed E-state index contributed by atoms with van der Waals surface area (Å²) in [4.78, 5) is 15.1. The molecule has 0 aliphatic carbocycles. The van der Waals surface area contributed by atoms with Crippen LogP contribution in [0.5, 0.6) is 0 Å². The molecule has 1 N–H and O–H groups in total. The zero-order valence-corrected chi connectivity index (χ0v) is 18.5. The van der Waals surface area contributed by atoms with Crippen LogP contribution in [0, 0.1) is 27.7 Å². The topological polar surface area (TPSA) is 66.5 Å². The maximum atomic E-state index is 13.0. The first-order chi connectivity index (χ1) is 12.7. The molecule has 0 radical (unpaired) electrons. The number of amides is 1. The van der Waals surface area contributed by atoms with Gasteiger partial charge >= 0.3 is 0 Å². The highest BCUT2D eigenvalue weighted by molar-refractivity contribution is 7.99. The molecule has 2 unspecified atom stereocenters. The number of nitrogens with zero attached hydrogens (tertiary/aromatic N) is 1. The fourth-order valence-electron chi connectivity index (χ4n) is 4.63. The second-order valence-corrected chi connectivity index (χ2v) is 10.8. The van der Waals surface area contributed by atoms with E-state index in [9.17, 15) is 13.2 Å². The molecule has 1 amide bonds. The van der Waals surface area contributed by atoms with Gasteiger partial charge in [0.2, 0.25) is 15.9 Å². The Hall–Kier alpha value is -1.05. The summed E-state index contributed by atoms with van der Waals surface area (Å²) in [7, 11) is -3.73. The smallest absolute Gasteiger partial charge is 0.241 e. The Kier molecular flexibility index (Phi) is 5.94. The van der Waals surface area contributed by atoms with Gasteiger partial charge in [0.1, 0.15) is 0 Å². The highest BCUT2D eigenvalue weighted by Gasteiger charge is 2.42. The highest BCUT2D eigenvalue weighted by Crippen LogP contribution is 2.39. The number of hydrogen-bond donors (Lipinski definition) is 1. The predicted octanol–water partition coefficient (Wildman–Crippen LogP) is 3.08. The molecule has 3 rings (SSSR count). The monoisotopic (exact) mass is 410 g/mol. The number of carbonyl (C=O) groups excluding carboxylic acids is 1. The molecule has 2 saturated heterocycles. The lowest BCUT2D eigenvalue weighted by molar-refractivity contribution is -0.134. The van der Waals surface area contributed by atoms with E-state index in [0.717, 1.165) is 47.9 Å². The standard InChI is InChI=1S/C20H30N2O3S2/c1-12-8-13(2)15(4)20(14(12)3)27(24,25)21-11-19(23)22-16-6-7-17(22)10-18(9-16)26-5/h8,16-18,21H,6-7,9-11H2,1-5H3. The molecular weight excluding hydrogens is 380 g/mol. The van der Waals surface area contributed by atoms with Crippen molar-refractivity contribution in [2.75, 3.05) is 12.8 Å². The highest BCUT2D eigenvalue weighted by atomic mass is 32.2. The van der Waals surface area contributed by atoms with Crippen LogP contribution in [0.2, 0.25) is 0 Å². The Morgan fingerprint density at radius 1 is 1.11 bits per heavy atom. The third-order valence-electron chi connectivity index (χ3n) is 6.29. The summed E-state index contributed by atoms with van der Waals surface area (Å²) in [6, 6.07) is 2.54. The minimum absolute atomic E-state index is 0.0923. The van der Waals surface area contributed by atoms with Gasteiger partial charge in [0, 0.05) is 17.3 Å². The van der Waals surface area contributed by atoms with Crippen molar-refractivity contribution >= 4 is 27.7 Å². The van der Waals surface area contributed by atoms with Crippen molar-refractivity contribution < 1.29 is 13.2 Å². The number of thioether (sulfide) groups is 1. The molecule has 2 aliphatic rings. The third kappa shape index (κ3) is 3.91. The summed E-state index contributed by atoms with van der Waals surface area (Å²) in [6.45, 7) is 7.32. The first kappa shape index (κ1) is 20.7. The number of fused-ring (bicyclic) bond motifs is 2. The minimum Gasteiger partial charge on any atom is -0.336 e. The number of benzene rings is 1. The van der Waals surface area contributed by atoms with E-state index in [1.807, 2.05) is 50.4 Å². The van der Waals surface area contributed by atoms with Gasteiger partial charge in [-0.15, -0.1) is 0 Å². The fraction of sp³-hybridized carbons (Fsp3) is 0.650. The molecule has 0 aromatic heterocycles. The van der Waals surface area contributed by atoms with E-state index < -0.39 is 10.0 Å². The van der Waals surface area contributed by atoms with Crippen molar-refractivity contribution in [2.24, 2.45) is 0 Å². The molecule has 2 fully saturated rings. The number of carbonyl (C=O) groups is 1. The van der Waals surface area contributed by atoms with Crippen LogP contribution in [0.3, 0.4) is 0 Å². The van der Waals surface area contributed by atoms with Crippen molar-refractivity contribution in [3.05, 3.63) is 28.3 Å². The Morgan fingerprint density at radius 2 is 1.63 bits per heavy atom. The number of sulfonamides is 1. The minimum atomic E-state index is -3.73. The molecule has 150 valence electrons. The van der Waals surface area contributed by atoms with Crippen molar-refractivity contribution in [3.63, 3.8) is 0 Å². The lowest BCUT2D eigenvalue weighted by Gasteiger charge is -2.38. The molecule has 0 saturated carbocycles. The second-order valence-electron chi connectivity index (χ2n) is 7.93.